The highest BCUT2D eigenvalue weighted by Crippen LogP contribution is 2.26. The van der Waals surface area contributed by atoms with Crippen LogP contribution in [0, 0.1) is 0 Å². The Morgan fingerprint density at radius 1 is 0.455 bits per heavy atom. The number of unbranched alkanes of at least 4 members (excludes halogenated alkanes) is 24. The van der Waals surface area contributed by atoms with E-state index in [1.54, 1.807) is 6.08 Å². The zero-order valence-corrected chi connectivity index (χ0v) is 48.4. The Morgan fingerprint density at radius 2 is 0.857 bits per heavy atom. The number of carbonyl (C=O) groups is 4. The van der Waals surface area contributed by atoms with Crippen molar-refractivity contribution in [1.82, 2.24) is 0 Å². The monoisotopic (exact) mass is 1080 g/mol. The van der Waals surface area contributed by atoms with E-state index in [2.05, 4.69) is 87.6 Å². The highest BCUT2D eigenvalue weighted by Gasteiger charge is 2.50. The topological polar surface area (TPSA) is 175 Å². The van der Waals surface area contributed by atoms with Gasteiger partial charge in [-0.25, -0.2) is 4.79 Å². The number of allylic oxidation sites excluding steroid dienone is 13. The van der Waals surface area contributed by atoms with Crippen LogP contribution in [0.4, 0.5) is 0 Å². The molecule has 0 aromatic heterocycles. The van der Waals surface area contributed by atoms with Crippen molar-refractivity contribution in [3.63, 3.8) is 0 Å². The quantitative estimate of drug-likeness (QED) is 0.0228. The summed E-state index contributed by atoms with van der Waals surface area (Å²) in [7, 11) is 0. The number of aliphatic carboxylic acids is 1. The molecule has 1 aliphatic rings. The van der Waals surface area contributed by atoms with E-state index in [0.29, 0.717) is 19.3 Å². The standard InChI is InChI=1S/C65H108O12/c1-4-7-10-13-16-19-22-25-27-28-29-30-32-35-38-41-44-47-50-53-59(68)76-63-61(70)60(69)62(64(71)72)77-65(63)74-55-56(75-58(67)52-49-46-43-40-37-33-24-21-18-15-12-9-6-3)54-73-57(66)51-48-45-42-39-36-34-31-26-23-20-17-14-11-8-5-2/h8,11,16-17,19-20,25-27,31,36,39,45,48,56,60-63,65,69-70H,4-7,9-10,12-15,18,21-24,28-30,32-35,37-38,40-44,46-47,49-55H2,1-3H3,(H,71,72)/b11-8-,19-16-,20-17-,27-25-,31-26-,39-36-,48-45-. The summed E-state index contributed by atoms with van der Waals surface area (Å²) in [6.07, 6.45) is 55.7. The van der Waals surface area contributed by atoms with E-state index in [1.807, 2.05) is 12.2 Å². The molecule has 0 spiro atoms. The molecule has 0 radical (unpaired) electrons. The van der Waals surface area contributed by atoms with Gasteiger partial charge in [-0.1, -0.05) is 241 Å². The first-order valence-corrected chi connectivity index (χ1v) is 30.6. The number of carbonyl (C=O) groups excluding carboxylic acids is 3. The molecule has 1 saturated heterocycles. The largest absolute Gasteiger partial charge is 0.479 e. The van der Waals surface area contributed by atoms with Crippen molar-refractivity contribution in [2.24, 2.45) is 0 Å². The van der Waals surface area contributed by atoms with Crippen LogP contribution in [0.2, 0.25) is 0 Å². The maximum atomic E-state index is 13.1. The van der Waals surface area contributed by atoms with Crippen molar-refractivity contribution < 1.29 is 58.2 Å². The van der Waals surface area contributed by atoms with Crippen molar-refractivity contribution in [2.45, 2.75) is 289 Å². The molecule has 12 nitrogen and oxygen atoms in total. The lowest BCUT2D eigenvalue weighted by Crippen LogP contribution is -2.61. The van der Waals surface area contributed by atoms with E-state index < -0.39 is 67.3 Å². The maximum absolute atomic E-state index is 13.1. The fraction of sp³-hybridized carbons (Fsp3) is 0.723. The Hall–Kier alpha value is -4.10. The average Bonchev–Trinajstić information content (AvgIpc) is 3.42. The molecule has 6 unspecified atom stereocenters. The second kappa shape index (κ2) is 52.6. The zero-order chi connectivity index (χ0) is 56.1. The molecule has 0 aromatic carbocycles. The molecule has 12 heteroatoms. The van der Waals surface area contributed by atoms with E-state index in [0.717, 1.165) is 83.5 Å². The normalized spacial score (nSPS) is 18.6. The van der Waals surface area contributed by atoms with Gasteiger partial charge in [0.05, 0.1) is 13.0 Å². The van der Waals surface area contributed by atoms with Crippen LogP contribution in [0.1, 0.15) is 252 Å². The molecule has 0 aromatic rings. The lowest BCUT2D eigenvalue weighted by molar-refractivity contribution is -0.301. The SMILES string of the molecule is CC/C=C\C/C=C\C/C=C\C/C=C\C/C=C\CC(=O)OCC(COC1OC(C(=O)O)C(O)C(O)C1OC(=O)CCCCCCCCCCC/C=C\C/C=C\CCCCC)OC(=O)CCCCCCCCCCCCCCC. The summed E-state index contributed by atoms with van der Waals surface area (Å²) in [6, 6.07) is 0. The molecular weight excluding hydrogens is 973 g/mol. The van der Waals surface area contributed by atoms with Crippen molar-refractivity contribution >= 4 is 23.9 Å². The average molecular weight is 1080 g/mol. The Kier molecular flexibility index (Phi) is 48.4. The van der Waals surface area contributed by atoms with E-state index >= 15 is 0 Å². The molecule has 0 saturated carbocycles. The third-order valence-corrected chi connectivity index (χ3v) is 13.5. The van der Waals surface area contributed by atoms with Crippen LogP contribution in [0.3, 0.4) is 0 Å². The van der Waals surface area contributed by atoms with Crippen LogP contribution in [0.25, 0.3) is 0 Å². The lowest BCUT2D eigenvalue weighted by atomic mass is 9.98. The van der Waals surface area contributed by atoms with Gasteiger partial charge in [-0.05, 0) is 77.0 Å². The second-order valence-electron chi connectivity index (χ2n) is 20.6. The summed E-state index contributed by atoms with van der Waals surface area (Å²) < 4.78 is 28.3. The van der Waals surface area contributed by atoms with Gasteiger partial charge in [0.2, 0.25) is 0 Å². The third-order valence-electron chi connectivity index (χ3n) is 13.5. The molecule has 1 rings (SSSR count). The van der Waals surface area contributed by atoms with E-state index in [4.69, 9.17) is 23.7 Å². The summed E-state index contributed by atoms with van der Waals surface area (Å²) in [5.41, 5.74) is 0. The van der Waals surface area contributed by atoms with Gasteiger partial charge in [0.15, 0.2) is 24.6 Å². The molecule has 0 amide bonds. The van der Waals surface area contributed by atoms with Gasteiger partial charge in [-0.15, -0.1) is 0 Å². The minimum Gasteiger partial charge on any atom is -0.479 e. The van der Waals surface area contributed by atoms with Gasteiger partial charge in [0, 0.05) is 12.8 Å². The summed E-state index contributed by atoms with van der Waals surface area (Å²) in [6.45, 7) is 5.77. The number of esters is 3. The Balaban J connectivity index is 2.71. The second-order valence-corrected chi connectivity index (χ2v) is 20.6. The molecule has 1 aliphatic heterocycles. The highest BCUT2D eigenvalue weighted by atomic mass is 16.7. The maximum Gasteiger partial charge on any atom is 0.335 e. The van der Waals surface area contributed by atoms with Gasteiger partial charge in [0.25, 0.3) is 0 Å². The van der Waals surface area contributed by atoms with Gasteiger partial charge >= 0.3 is 23.9 Å². The van der Waals surface area contributed by atoms with Gasteiger partial charge in [-0.3, -0.25) is 14.4 Å². The van der Waals surface area contributed by atoms with Crippen LogP contribution in [0.5, 0.6) is 0 Å². The minimum absolute atomic E-state index is 0.0155. The first-order chi connectivity index (χ1) is 37.6. The number of hydrogen-bond acceptors (Lipinski definition) is 11. The van der Waals surface area contributed by atoms with Crippen molar-refractivity contribution in [2.75, 3.05) is 13.2 Å². The minimum atomic E-state index is -1.92. The lowest BCUT2D eigenvalue weighted by Gasteiger charge is -2.40. The number of ether oxygens (including phenoxy) is 5. The number of rotatable bonds is 51. The molecule has 0 aliphatic carbocycles. The first-order valence-electron chi connectivity index (χ1n) is 30.6. The summed E-state index contributed by atoms with van der Waals surface area (Å²) in [5.74, 6) is -3.28. The number of hydrogen-bond donors (Lipinski definition) is 3. The van der Waals surface area contributed by atoms with Crippen molar-refractivity contribution in [3.05, 3.63) is 85.1 Å². The van der Waals surface area contributed by atoms with Crippen molar-refractivity contribution in [3.8, 4) is 0 Å². The predicted octanol–water partition coefficient (Wildman–Crippen LogP) is 15.9. The van der Waals surface area contributed by atoms with Crippen LogP contribution in [0.15, 0.2) is 85.1 Å². The van der Waals surface area contributed by atoms with Gasteiger partial charge < -0.3 is 39.0 Å². The smallest absolute Gasteiger partial charge is 0.335 e. The summed E-state index contributed by atoms with van der Waals surface area (Å²) in [5, 5.41) is 31.5. The Bertz CT molecular complexity index is 1660. The van der Waals surface area contributed by atoms with Crippen LogP contribution < -0.4 is 0 Å². The molecule has 0 bridgehead atoms. The zero-order valence-electron chi connectivity index (χ0n) is 48.4. The summed E-state index contributed by atoms with van der Waals surface area (Å²) in [4.78, 5) is 51.1. The molecule has 440 valence electrons. The molecule has 77 heavy (non-hydrogen) atoms. The number of carboxylic acid groups (broad SMARTS) is 1. The van der Waals surface area contributed by atoms with Crippen LogP contribution in [-0.4, -0.2) is 89.2 Å². The first kappa shape index (κ1) is 70.9. The number of aliphatic hydroxyl groups excluding tert-OH is 2. The number of carboxylic acids is 1. The molecule has 1 fully saturated rings. The van der Waals surface area contributed by atoms with Gasteiger partial charge in [0.1, 0.15) is 18.8 Å². The number of aliphatic hydroxyl groups is 2. The van der Waals surface area contributed by atoms with Crippen LogP contribution in [-0.2, 0) is 42.9 Å². The summed E-state index contributed by atoms with van der Waals surface area (Å²) >= 11 is 0. The van der Waals surface area contributed by atoms with Crippen molar-refractivity contribution in [1.29, 1.82) is 0 Å². The predicted molar refractivity (Wildman–Crippen MR) is 312 cm³/mol. The Labute approximate surface area is 467 Å². The molecular formula is C65H108O12. The highest BCUT2D eigenvalue weighted by molar-refractivity contribution is 5.74. The fourth-order valence-corrected chi connectivity index (χ4v) is 8.82. The Morgan fingerprint density at radius 3 is 1.34 bits per heavy atom. The van der Waals surface area contributed by atoms with Gasteiger partial charge in [-0.2, -0.15) is 0 Å². The van der Waals surface area contributed by atoms with E-state index in [9.17, 15) is 34.5 Å². The van der Waals surface area contributed by atoms with Crippen LogP contribution >= 0.6 is 0 Å². The van der Waals surface area contributed by atoms with E-state index in [1.165, 1.54) is 109 Å². The molecule has 3 N–H and O–H groups in total. The third kappa shape index (κ3) is 42.5. The fourth-order valence-electron chi connectivity index (χ4n) is 8.82. The molecule has 6 atom stereocenters. The molecule has 1 heterocycles. The van der Waals surface area contributed by atoms with E-state index in [-0.39, 0.29) is 25.9 Å².